The highest BCUT2D eigenvalue weighted by Gasteiger charge is 2.21. The van der Waals surface area contributed by atoms with Gasteiger partial charge in [0.05, 0.1) is 6.04 Å². The van der Waals surface area contributed by atoms with Crippen LogP contribution >= 0.6 is 0 Å². The smallest absolute Gasteiger partial charge is 0.258 e. The molecule has 5 nitrogen and oxygen atoms in total. The molecule has 0 aliphatic carbocycles. The van der Waals surface area contributed by atoms with Gasteiger partial charge < -0.3 is 19.5 Å². The van der Waals surface area contributed by atoms with E-state index in [4.69, 9.17) is 14.2 Å². The van der Waals surface area contributed by atoms with Crippen molar-refractivity contribution in [3.63, 3.8) is 0 Å². The second kappa shape index (κ2) is 7.92. The first-order chi connectivity index (χ1) is 12.1. The Morgan fingerprint density at radius 1 is 1.08 bits per heavy atom. The van der Waals surface area contributed by atoms with E-state index in [0.29, 0.717) is 19.0 Å². The van der Waals surface area contributed by atoms with Crippen molar-refractivity contribution < 1.29 is 19.0 Å². The normalized spacial score (nSPS) is 14.0. The van der Waals surface area contributed by atoms with Crippen molar-refractivity contribution >= 4 is 5.91 Å². The van der Waals surface area contributed by atoms with Crippen LogP contribution in [-0.2, 0) is 4.79 Å². The molecule has 2 aromatic rings. The Bertz CT molecular complexity index is 715. The van der Waals surface area contributed by atoms with Crippen molar-refractivity contribution in [1.29, 1.82) is 0 Å². The fourth-order valence-corrected chi connectivity index (χ4v) is 2.77. The number of carbonyl (C=O) groups is 1. The summed E-state index contributed by atoms with van der Waals surface area (Å²) in [5, 5.41) is 3.05. The minimum absolute atomic E-state index is 0.0161. The number of amides is 1. The number of ether oxygens (including phenoxy) is 3. The maximum Gasteiger partial charge on any atom is 0.258 e. The van der Waals surface area contributed by atoms with Crippen LogP contribution in [0.5, 0.6) is 17.2 Å². The first-order valence-corrected chi connectivity index (χ1v) is 8.50. The minimum Gasteiger partial charge on any atom is -0.486 e. The van der Waals surface area contributed by atoms with E-state index in [2.05, 4.69) is 19.2 Å². The van der Waals surface area contributed by atoms with Gasteiger partial charge >= 0.3 is 0 Å². The highest BCUT2D eigenvalue weighted by Crippen LogP contribution is 2.34. The molecule has 25 heavy (non-hydrogen) atoms. The zero-order valence-electron chi connectivity index (χ0n) is 14.5. The van der Waals surface area contributed by atoms with Crippen LogP contribution < -0.4 is 19.5 Å². The molecule has 1 aliphatic rings. The molecular weight excluding hydrogens is 318 g/mol. The zero-order chi connectivity index (χ0) is 17.6. The molecule has 0 saturated carbocycles. The van der Waals surface area contributed by atoms with E-state index in [-0.39, 0.29) is 24.5 Å². The Balaban J connectivity index is 1.65. The third-order valence-corrected chi connectivity index (χ3v) is 4.02. The van der Waals surface area contributed by atoms with Gasteiger partial charge in [0, 0.05) is 0 Å². The average Bonchev–Trinajstić information content (AvgIpc) is 2.64. The lowest BCUT2D eigenvalue weighted by molar-refractivity contribution is -0.124. The molecule has 1 unspecified atom stereocenters. The molecule has 0 saturated heterocycles. The van der Waals surface area contributed by atoms with Crippen LogP contribution in [0.2, 0.25) is 0 Å². The Labute approximate surface area is 147 Å². The number of rotatable bonds is 6. The van der Waals surface area contributed by atoms with Gasteiger partial charge in [0.2, 0.25) is 0 Å². The SMILES string of the molecule is CC(C)C(NC(=O)COc1ccccc1)c1ccc2c(c1)OCCO2. The molecule has 0 fully saturated rings. The molecule has 3 rings (SSSR count). The molecule has 0 spiro atoms. The number of hydrogen-bond donors (Lipinski definition) is 1. The predicted octanol–water partition coefficient (Wildman–Crippen LogP) is 3.35. The van der Waals surface area contributed by atoms with Crippen LogP contribution in [0, 0.1) is 5.92 Å². The molecule has 1 heterocycles. The van der Waals surface area contributed by atoms with E-state index >= 15 is 0 Å². The number of benzene rings is 2. The van der Waals surface area contributed by atoms with E-state index < -0.39 is 0 Å². The summed E-state index contributed by atoms with van der Waals surface area (Å²) in [7, 11) is 0. The monoisotopic (exact) mass is 341 g/mol. The van der Waals surface area contributed by atoms with E-state index in [1.807, 2.05) is 48.5 Å². The molecule has 0 bridgehead atoms. The Hall–Kier alpha value is -2.69. The number of nitrogens with one attached hydrogen (secondary N) is 1. The quantitative estimate of drug-likeness (QED) is 0.875. The average molecular weight is 341 g/mol. The summed E-state index contributed by atoms with van der Waals surface area (Å²) >= 11 is 0. The van der Waals surface area contributed by atoms with E-state index in [1.165, 1.54) is 0 Å². The van der Waals surface area contributed by atoms with Crippen molar-refractivity contribution in [2.45, 2.75) is 19.9 Å². The van der Waals surface area contributed by atoms with Gasteiger partial charge in [-0.1, -0.05) is 38.1 Å². The van der Waals surface area contributed by atoms with Gasteiger partial charge in [-0.2, -0.15) is 0 Å². The lowest BCUT2D eigenvalue weighted by Crippen LogP contribution is -2.35. The van der Waals surface area contributed by atoms with Gasteiger partial charge in [-0.05, 0) is 35.7 Å². The van der Waals surface area contributed by atoms with Crippen LogP contribution in [0.4, 0.5) is 0 Å². The fraction of sp³-hybridized carbons (Fsp3) is 0.350. The Morgan fingerprint density at radius 3 is 2.52 bits per heavy atom. The molecular formula is C20H23NO4. The highest BCUT2D eigenvalue weighted by molar-refractivity contribution is 5.78. The molecule has 0 aromatic heterocycles. The first kappa shape index (κ1) is 17.1. The third kappa shape index (κ3) is 4.44. The van der Waals surface area contributed by atoms with Crippen LogP contribution in [0.25, 0.3) is 0 Å². The molecule has 132 valence electrons. The highest BCUT2D eigenvalue weighted by atomic mass is 16.6. The summed E-state index contributed by atoms with van der Waals surface area (Å²) in [6.45, 7) is 5.23. The largest absolute Gasteiger partial charge is 0.486 e. The Kier molecular flexibility index (Phi) is 5.43. The predicted molar refractivity (Wildman–Crippen MR) is 95.1 cm³/mol. The van der Waals surface area contributed by atoms with Gasteiger partial charge in [0.1, 0.15) is 19.0 Å². The summed E-state index contributed by atoms with van der Waals surface area (Å²) in [5.41, 5.74) is 0.993. The van der Waals surface area contributed by atoms with Gasteiger partial charge in [-0.3, -0.25) is 4.79 Å². The molecule has 2 aromatic carbocycles. The molecule has 1 atom stereocenters. The summed E-state index contributed by atoms with van der Waals surface area (Å²) in [4.78, 5) is 12.3. The molecule has 5 heteroatoms. The van der Waals surface area contributed by atoms with E-state index in [1.54, 1.807) is 0 Å². The molecule has 1 aliphatic heterocycles. The topological polar surface area (TPSA) is 56.8 Å². The van der Waals surface area contributed by atoms with Gasteiger partial charge in [-0.15, -0.1) is 0 Å². The second-order valence-corrected chi connectivity index (χ2v) is 6.29. The molecule has 1 amide bonds. The summed E-state index contributed by atoms with van der Waals surface area (Å²) in [6.07, 6.45) is 0. The van der Waals surface area contributed by atoms with Crippen molar-refractivity contribution in [2.24, 2.45) is 5.92 Å². The number of carbonyl (C=O) groups excluding carboxylic acids is 1. The van der Waals surface area contributed by atoms with Gasteiger partial charge in [-0.25, -0.2) is 0 Å². The van der Waals surface area contributed by atoms with Gasteiger partial charge in [0.15, 0.2) is 18.1 Å². The number of fused-ring (bicyclic) bond motifs is 1. The van der Waals surface area contributed by atoms with Crippen LogP contribution in [0.3, 0.4) is 0 Å². The maximum atomic E-state index is 12.3. The van der Waals surface area contributed by atoms with Crippen molar-refractivity contribution in [1.82, 2.24) is 5.32 Å². The van der Waals surface area contributed by atoms with E-state index in [0.717, 1.165) is 17.1 Å². The van der Waals surface area contributed by atoms with E-state index in [9.17, 15) is 4.79 Å². The number of hydrogen-bond acceptors (Lipinski definition) is 4. The summed E-state index contributed by atoms with van der Waals surface area (Å²) < 4.78 is 16.7. The fourth-order valence-electron chi connectivity index (χ4n) is 2.77. The van der Waals surface area contributed by atoms with Crippen LogP contribution in [0.15, 0.2) is 48.5 Å². The lowest BCUT2D eigenvalue weighted by Gasteiger charge is -2.25. The van der Waals surface area contributed by atoms with Crippen molar-refractivity contribution in [2.75, 3.05) is 19.8 Å². The third-order valence-electron chi connectivity index (χ3n) is 4.02. The molecule has 1 N–H and O–H groups in total. The first-order valence-electron chi connectivity index (χ1n) is 8.50. The second-order valence-electron chi connectivity index (χ2n) is 6.29. The summed E-state index contributed by atoms with van der Waals surface area (Å²) in [5.74, 6) is 2.22. The minimum atomic E-state index is -0.155. The van der Waals surface area contributed by atoms with Crippen molar-refractivity contribution in [3.8, 4) is 17.2 Å². The summed E-state index contributed by atoms with van der Waals surface area (Å²) in [6, 6.07) is 15.0. The van der Waals surface area contributed by atoms with Crippen LogP contribution in [0.1, 0.15) is 25.5 Å². The number of para-hydroxylation sites is 1. The van der Waals surface area contributed by atoms with Crippen molar-refractivity contribution in [3.05, 3.63) is 54.1 Å². The maximum absolute atomic E-state index is 12.3. The lowest BCUT2D eigenvalue weighted by atomic mass is 9.95. The van der Waals surface area contributed by atoms with Gasteiger partial charge in [0.25, 0.3) is 5.91 Å². The molecule has 0 radical (unpaired) electrons. The Morgan fingerprint density at radius 2 is 1.80 bits per heavy atom. The zero-order valence-corrected chi connectivity index (χ0v) is 14.5. The van der Waals surface area contributed by atoms with Crippen LogP contribution in [-0.4, -0.2) is 25.7 Å². The standard InChI is InChI=1S/C20H23NO4/c1-14(2)20(15-8-9-17-18(12-15)24-11-10-23-17)21-19(22)13-25-16-6-4-3-5-7-16/h3-9,12,14,20H,10-11,13H2,1-2H3,(H,21,22).